The molecule has 6 nitrogen and oxygen atoms in total. The Labute approximate surface area is 198 Å². The van der Waals surface area contributed by atoms with Gasteiger partial charge in [0.25, 0.3) is 5.91 Å². The fraction of sp³-hybridized carbons (Fsp3) is 0.192. The second-order valence-electron chi connectivity index (χ2n) is 7.60. The van der Waals surface area contributed by atoms with Gasteiger partial charge < -0.3 is 14.5 Å². The van der Waals surface area contributed by atoms with Crippen molar-refractivity contribution in [3.05, 3.63) is 77.9 Å². The topological polar surface area (TPSA) is 76.4 Å². The number of nitrogens with zero attached hydrogens (tertiary/aromatic N) is 1. The maximum Gasteiger partial charge on any atom is 0.257 e. The normalized spacial score (nSPS) is 10.7. The van der Waals surface area contributed by atoms with Crippen molar-refractivity contribution in [3.8, 4) is 17.2 Å². The predicted molar refractivity (Wildman–Crippen MR) is 135 cm³/mol. The largest absolute Gasteiger partial charge is 0.494 e. The molecule has 0 bridgehead atoms. The average molecular weight is 460 g/mol. The van der Waals surface area contributed by atoms with Gasteiger partial charge in [-0.1, -0.05) is 37.6 Å². The summed E-state index contributed by atoms with van der Waals surface area (Å²) in [6, 6.07) is 20.4. The summed E-state index contributed by atoms with van der Waals surface area (Å²) >= 11 is 5.39. The third kappa shape index (κ3) is 5.38. The van der Waals surface area contributed by atoms with Crippen LogP contribution in [0, 0.1) is 6.92 Å². The zero-order chi connectivity index (χ0) is 23.2. The minimum atomic E-state index is -0.304. The summed E-state index contributed by atoms with van der Waals surface area (Å²) in [4.78, 5) is 17.3. The van der Waals surface area contributed by atoms with Gasteiger partial charge in [-0.15, -0.1) is 0 Å². The van der Waals surface area contributed by atoms with Crippen molar-refractivity contribution in [2.45, 2.75) is 26.7 Å². The summed E-state index contributed by atoms with van der Waals surface area (Å²) < 4.78 is 11.6. The van der Waals surface area contributed by atoms with E-state index in [2.05, 4.69) is 22.5 Å². The Bertz CT molecular complexity index is 1270. The van der Waals surface area contributed by atoms with Gasteiger partial charge in [-0.05, 0) is 73.6 Å². The quantitative estimate of drug-likeness (QED) is 0.257. The smallest absolute Gasteiger partial charge is 0.257 e. The van der Waals surface area contributed by atoms with E-state index in [-0.39, 0.29) is 11.0 Å². The molecule has 3 aromatic carbocycles. The van der Waals surface area contributed by atoms with Gasteiger partial charge in [-0.3, -0.25) is 10.1 Å². The van der Waals surface area contributed by atoms with Gasteiger partial charge in [0.2, 0.25) is 5.89 Å². The van der Waals surface area contributed by atoms with Gasteiger partial charge in [-0.2, -0.15) is 0 Å². The molecule has 0 saturated carbocycles. The lowest BCUT2D eigenvalue weighted by molar-refractivity contribution is 0.0977. The molecule has 0 fully saturated rings. The van der Waals surface area contributed by atoms with E-state index in [1.54, 1.807) is 18.2 Å². The summed E-state index contributed by atoms with van der Waals surface area (Å²) in [5, 5.41) is 6.05. The highest BCUT2D eigenvalue weighted by Crippen LogP contribution is 2.30. The first-order chi connectivity index (χ1) is 16.0. The van der Waals surface area contributed by atoms with Crippen molar-refractivity contribution in [3.63, 3.8) is 0 Å². The number of oxazole rings is 1. The van der Waals surface area contributed by atoms with Gasteiger partial charge in [0.05, 0.1) is 6.61 Å². The van der Waals surface area contributed by atoms with E-state index in [4.69, 9.17) is 21.4 Å². The molecule has 1 aromatic heterocycles. The Kier molecular flexibility index (Phi) is 7.00. The Morgan fingerprint density at radius 1 is 1.09 bits per heavy atom. The van der Waals surface area contributed by atoms with Crippen LogP contribution >= 0.6 is 12.2 Å². The summed E-state index contributed by atoms with van der Waals surface area (Å²) in [5.41, 5.74) is 4.53. The number of thiocarbonyl (C=S) groups is 1. The van der Waals surface area contributed by atoms with E-state index in [1.165, 1.54) is 0 Å². The monoisotopic (exact) mass is 459 g/mol. The number of ether oxygens (including phenoxy) is 1. The molecule has 4 rings (SSSR count). The van der Waals surface area contributed by atoms with Crippen LogP contribution in [0.25, 0.3) is 22.6 Å². The minimum absolute atomic E-state index is 0.204. The summed E-state index contributed by atoms with van der Waals surface area (Å²) in [6.07, 6.45) is 2.01. The molecule has 0 spiro atoms. The second-order valence-corrected chi connectivity index (χ2v) is 8.01. The van der Waals surface area contributed by atoms with Crippen LogP contribution in [0.4, 0.5) is 5.69 Å². The fourth-order valence-electron chi connectivity index (χ4n) is 3.38. The molecule has 0 saturated heterocycles. The van der Waals surface area contributed by atoms with Crippen molar-refractivity contribution in [1.29, 1.82) is 0 Å². The number of amides is 1. The number of anilines is 1. The number of hydrogen-bond acceptors (Lipinski definition) is 5. The molecule has 168 valence electrons. The van der Waals surface area contributed by atoms with Crippen LogP contribution in [-0.2, 0) is 0 Å². The number of carbonyl (C=O) groups excluding carboxylic acids is 1. The molecule has 0 radical (unpaired) electrons. The number of fused-ring (bicyclic) bond motifs is 1. The first-order valence-electron chi connectivity index (χ1n) is 10.9. The van der Waals surface area contributed by atoms with Gasteiger partial charge in [-0.25, -0.2) is 4.98 Å². The van der Waals surface area contributed by atoms with Gasteiger partial charge >= 0.3 is 0 Å². The van der Waals surface area contributed by atoms with Crippen molar-refractivity contribution >= 4 is 40.0 Å². The maximum absolute atomic E-state index is 12.7. The Morgan fingerprint density at radius 3 is 2.73 bits per heavy atom. The molecule has 2 N–H and O–H groups in total. The van der Waals surface area contributed by atoms with Crippen LogP contribution in [0.3, 0.4) is 0 Å². The fourth-order valence-corrected chi connectivity index (χ4v) is 3.58. The van der Waals surface area contributed by atoms with Crippen LogP contribution in [0.1, 0.15) is 35.7 Å². The number of nitrogens with one attached hydrogen (secondary N) is 2. The number of hydrogen-bond donors (Lipinski definition) is 2. The molecular weight excluding hydrogens is 434 g/mol. The molecular formula is C26H25N3O3S. The zero-order valence-corrected chi connectivity index (χ0v) is 19.4. The van der Waals surface area contributed by atoms with Crippen molar-refractivity contribution in [2.75, 3.05) is 11.9 Å². The van der Waals surface area contributed by atoms with Crippen LogP contribution < -0.4 is 15.4 Å². The van der Waals surface area contributed by atoms with Crippen molar-refractivity contribution in [1.82, 2.24) is 10.3 Å². The maximum atomic E-state index is 12.7. The lowest BCUT2D eigenvalue weighted by Crippen LogP contribution is -2.34. The van der Waals surface area contributed by atoms with Crippen molar-refractivity contribution < 1.29 is 13.9 Å². The van der Waals surface area contributed by atoms with E-state index in [0.717, 1.165) is 40.8 Å². The zero-order valence-electron chi connectivity index (χ0n) is 18.6. The first kappa shape index (κ1) is 22.5. The molecule has 1 amide bonds. The molecule has 0 aliphatic heterocycles. The lowest BCUT2D eigenvalue weighted by Gasteiger charge is -2.14. The number of aromatic nitrogens is 1. The first-order valence-corrected chi connectivity index (χ1v) is 11.3. The third-order valence-corrected chi connectivity index (χ3v) is 5.40. The molecule has 0 aliphatic carbocycles. The molecule has 1 heterocycles. The van der Waals surface area contributed by atoms with Gasteiger partial charge in [0, 0.05) is 16.8 Å². The van der Waals surface area contributed by atoms with E-state index >= 15 is 0 Å². The van der Waals surface area contributed by atoms with E-state index in [1.807, 2.05) is 55.5 Å². The Balaban J connectivity index is 1.45. The third-order valence-electron chi connectivity index (χ3n) is 5.20. The number of rotatable bonds is 7. The average Bonchev–Trinajstić information content (AvgIpc) is 3.25. The number of carbonyl (C=O) groups is 1. The number of unbranched alkanes of at least 4 members (excludes halogenated alkanes) is 1. The SMILES string of the molecule is CCCCOc1cccc(C(=O)NC(=S)Nc2cccc(-c3nc4ccccc4o3)c2C)c1. The van der Waals surface area contributed by atoms with Crippen LogP contribution in [0.15, 0.2) is 71.1 Å². The number of benzene rings is 3. The highest BCUT2D eigenvalue weighted by molar-refractivity contribution is 7.80. The van der Waals surface area contributed by atoms with Gasteiger partial charge in [0.15, 0.2) is 10.7 Å². The Morgan fingerprint density at radius 2 is 1.91 bits per heavy atom. The minimum Gasteiger partial charge on any atom is -0.494 e. The summed E-state index contributed by atoms with van der Waals surface area (Å²) in [5.74, 6) is 0.894. The predicted octanol–water partition coefficient (Wildman–Crippen LogP) is 6.11. The number of para-hydroxylation sites is 2. The van der Waals surface area contributed by atoms with E-state index in [9.17, 15) is 4.79 Å². The highest BCUT2D eigenvalue weighted by Gasteiger charge is 2.14. The van der Waals surface area contributed by atoms with Crippen molar-refractivity contribution in [2.24, 2.45) is 0 Å². The second kappa shape index (κ2) is 10.3. The molecule has 7 heteroatoms. The van der Waals surface area contributed by atoms with Crippen LogP contribution in [0.5, 0.6) is 5.75 Å². The standard InChI is InChI=1S/C26H25N3O3S/c1-3-4-15-31-19-10-7-9-18(16-19)24(30)29-26(33)28-21-13-8-11-20(17(21)2)25-27-22-12-5-6-14-23(22)32-25/h5-14,16H,3-4,15H2,1-2H3,(H2,28,29,30,33). The Hall–Kier alpha value is -3.71. The van der Waals surface area contributed by atoms with Crippen LogP contribution in [0.2, 0.25) is 0 Å². The molecule has 0 aliphatic rings. The van der Waals surface area contributed by atoms with Gasteiger partial charge in [0.1, 0.15) is 11.3 Å². The van der Waals surface area contributed by atoms with E-state index in [0.29, 0.717) is 23.8 Å². The molecule has 4 aromatic rings. The van der Waals surface area contributed by atoms with Crippen LogP contribution in [-0.4, -0.2) is 22.6 Å². The lowest BCUT2D eigenvalue weighted by atomic mass is 10.1. The molecule has 33 heavy (non-hydrogen) atoms. The molecule has 0 unspecified atom stereocenters. The summed E-state index contributed by atoms with van der Waals surface area (Å²) in [7, 11) is 0. The molecule has 0 atom stereocenters. The van der Waals surface area contributed by atoms with E-state index < -0.39 is 0 Å². The highest BCUT2D eigenvalue weighted by atomic mass is 32.1. The summed E-state index contributed by atoms with van der Waals surface area (Å²) in [6.45, 7) is 4.68.